The second kappa shape index (κ2) is 7.09. The molecule has 1 aromatic rings. The van der Waals surface area contributed by atoms with E-state index in [2.05, 4.69) is 5.32 Å². The predicted octanol–water partition coefficient (Wildman–Crippen LogP) is 1.60. The molecule has 0 saturated heterocycles. The first-order valence-corrected chi connectivity index (χ1v) is 6.34. The van der Waals surface area contributed by atoms with Crippen molar-refractivity contribution in [1.82, 2.24) is 10.2 Å². The van der Waals surface area contributed by atoms with Crippen LogP contribution in [-0.4, -0.2) is 42.8 Å². The van der Waals surface area contributed by atoms with Gasteiger partial charge in [-0.1, -0.05) is 6.92 Å². The molecule has 1 amide bonds. The number of carbonyl (C=O) groups is 2. The molecule has 0 fully saturated rings. The lowest BCUT2D eigenvalue weighted by Crippen LogP contribution is -2.44. The van der Waals surface area contributed by atoms with Crippen molar-refractivity contribution >= 4 is 11.7 Å². The van der Waals surface area contributed by atoms with Gasteiger partial charge in [0.2, 0.25) is 5.91 Å². The summed E-state index contributed by atoms with van der Waals surface area (Å²) in [6.07, 6.45) is 0. The maximum Gasteiger partial charge on any atom is 0.233 e. The Bertz CT molecular complexity index is 506. The Kier molecular flexibility index (Phi) is 5.76. The fourth-order valence-corrected chi connectivity index (χ4v) is 1.87. The highest BCUT2D eigenvalue weighted by Gasteiger charge is 2.25. The fraction of sp³-hybridized carbons (Fsp3) is 0.429. The Hall–Kier alpha value is -1.82. The number of halogens is 2. The van der Waals surface area contributed by atoms with E-state index >= 15 is 0 Å². The number of rotatable bonds is 6. The van der Waals surface area contributed by atoms with Gasteiger partial charge in [0.15, 0.2) is 5.78 Å². The molecule has 0 aliphatic heterocycles. The van der Waals surface area contributed by atoms with Gasteiger partial charge in [-0.3, -0.25) is 14.5 Å². The van der Waals surface area contributed by atoms with Crippen LogP contribution in [0.25, 0.3) is 0 Å². The smallest absolute Gasteiger partial charge is 0.233 e. The van der Waals surface area contributed by atoms with Gasteiger partial charge in [-0.15, -0.1) is 0 Å². The summed E-state index contributed by atoms with van der Waals surface area (Å²) in [6, 6.07) is 2.17. The van der Waals surface area contributed by atoms with E-state index in [4.69, 9.17) is 0 Å². The van der Waals surface area contributed by atoms with Gasteiger partial charge in [0.25, 0.3) is 0 Å². The third-order valence-corrected chi connectivity index (χ3v) is 3.16. The van der Waals surface area contributed by atoms with E-state index in [0.717, 1.165) is 12.1 Å². The van der Waals surface area contributed by atoms with Crippen LogP contribution < -0.4 is 5.32 Å². The molecular weight excluding hydrogens is 266 g/mol. The highest BCUT2D eigenvalue weighted by Crippen LogP contribution is 2.14. The zero-order valence-electron chi connectivity index (χ0n) is 11.7. The van der Waals surface area contributed by atoms with Crippen LogP contribution in [0.2, 0.25) is 0 Å². The number of hydrogen-bond acceptors (Lipinski definition) is 3. The molecule has 0 saturated carbocycles. The first-order chi connectivity index (χ1) is 9.40. The van der Waals surface area contributed by atoms with Crippen molar-refractivity contribution in [2.24, 2.45) is 0 Å². The standard InChI is InChI=1S/C14H18F2N2O2/c1-4-18(8-13(19)17-3)9(2)14(20)11-6-5-10(15)7-12(11)16/h5-7,9H,4,8H2,1-3H3,(H,17,19). The molecule has 0 spiro atoms. The van der Waals surface area contributed by atoms with Crippen molar-refractivity contribution < 1.29 is 18.4 Å². The summed E-state index contributed by atoms with van der Waals surface area (Å²) in [7, 11) is 1.50. The van der Waals surface area contributed by atoms with Crippen LogP contribution in [-0.2, 0) is 4.79 Å². The molecule has 6 heteroatoms. The minimum Gasteiger partial charge on any atom is -0.358 e. The van der Waals surface area contributed by atoms with Gasteiger partial charge in [-0.25, -0.2) is 8.78 Å². The van der Waals surface area contributed by atoms with Crippen LogP contribution in [0.4, 0.5) is 8.78 Å². The molecule has 110 valence electrons. The monoisotopic (exact) mass is 284 g/mol. The molecule has 20 heavy (non-hydrogen) atoms. The lowest BCUT2D eigenvalue weighted by Gasteiger charge is -2.26. The van der Waals surface area contributed by atoms with Gasteiger partial charge in [0.05, 0.1) is 18.2 Å². The van der Waals surface area contributed by atoms with Crippen LogP contribution in [0.3, 0.4) is 0 Å². The molecule has 4 nitrogen and oxygen atoms in total. The van der Waals surface area contributed by atoms with Crippen molar-refractivity contribution in [1.29, 1.82) is 0 Å². The summed E-state index contributed by atoms with van der Waals surface area (Å²) in [5, 5.41) is 2.47. The van der Waals surface area contributed by atoms with Crippen molar-refractivity contribution in [2.45, 2.75) is 19.9 Å². The van der Waals surface area contributed by atoms with Crippen molar-refractivity contribution in [3.05, 3.63) is 35.4 Å². The Morgan fingerprint density at radius 3 is 2.50 bits per heavy atom. The lowest BCUT2D eigenvalue weighted by atomic mass is 10.0. The Morgan fingerprint density at radius 1 is 1.35 bits per heavy atom. The SMILES string of the molecule is CCN(CC(=O)NC)C(C)C(=O)c1ccc(F)cc1F. The number of hydrogen-bond donors (Lipinski definition) is 1. The molecule has 0 aliphatic carbocycles. The third-order valence-electron chi connectivity index (χ3n) is 3.16. The van der Waals surface area contributed by atoms with Crippen LogP contribution in [0.15, 0.2) is 18.2 Å². The van der Waals surface area contributed by atoms with E-state index in [-0.39, 0.29) is 18.0 Å². The molecule has 0 heterocycles. The zero-order valence-corrected chi connectivity index (χ0v) is 11.7. The Balaban J connectivity index is 2.91. The first kappa shape index (κ1) is 16.2. The number of likely N-dealkylation sites (N-methyl/N-ethyl adjacent to an activating group) is 2. The molecule has 1 rings (SSSR count). The number of Topliss-reactive ketones (excluding diaryl/α,β-unsaturated/α-hetero) is 1. The van der Waals surface area contributed by atoms with Crippen molar-refractivity contribution in [3.63, 3.8) is 0 Å². The van der Waals surface area contributed by atoms with Gasteiger partial charge < -0.3 is 5.32 Å². The highest BCUT2D eigenvalue weighted by atomic mass is 19.1. The third kappa shape index (κ3) is 3.84. The van der Waals surface area contributed by atoms with Gasteiger partial charge in [0, 0.05) is 13.1 Å². The molecule has 0 radical (unpaired) electrons. The maximum absolute atomic E-state index is 13.6. The number of benzene rings is 1. The summed E-state index contributed by atoms with van der Waals surface area (Å²) >= 11 is 0. The maximum atomic E-state index is 13.6. The number of nitrogens with zero attached hydrogens (tertiary/aromatic N) is 1. The number of carbonyl (C=O) groups excluding carboxylic acids is 2. The topological polar surface area (TPSA) is 49.4 Å². The van der Waals surface area contributed by atoms with E-state index in [9.17, 15) is 18.4 Å². The number of nitrogens with one attached hydrogen (secondary N) is 1. The Morgan fingerprint density at radius 2 is 2.00 bits per heavy atom. The Labute approximate surface area is 116 Å². The summed E-state index contributed by atoms with van der Waals surface area (Å²) in [6.45, 7) is 3.90. The van der Waals surface area contributed by atoms with E-state index < -0.39 is 23.5 Å². The van der Waals surface area contributed by atoms with Gasteiger partial charge in [-0.05, 0) is 25.6 Å². The molecule has 1 unspecified atom stereocenters. The average molecular weight is 284 g/mol. The zero-order chi connectivity index (χ0) is 15.3. The molecule has 1 N–H and O–H groups in total. The lowest BCUT2D eigenvalue weighted by molar-refractivity contribution is -0.121. The summed E-state index contributed by atoms with van der Waals surface area (Å²) < 4.78 is 26.4. The van der Waals surface area contributed by atoms with E-state index in [0.29, 0.717) is 12.6 Å². The fourth-order valence-electron chi connectivity index (χ4n) is 1.87. The summed E-state index contributed by atoms with van der Waals surface area (Å²) in [5.41, 5.74) is -0.172. The van der Waals surface area contributed by atoms with Gasteiger partial charge in [-0.2, -0.15) is 0 Å². The van der Waals surface area contributed by atoms with Gasteiger partial charge >= 0.3 is 0 Å². The minimum absolute atomic E-state index is 0.0444. The minimum atomic E-state index is -0.891. The molecular formula is C14H18F2N2O2. The normalized spacial score (nSPS) is 12.3. The van der Waals surface area contributed by atoms with E-state index in [1.165, 1.54) is 7.05 Å². The van der Waals surface area contributed by atoms with E-state index in [1.54, 1.807) is 18.7 Å². The molecule has 0 bridgehead atoms. The highest BCUT2D eigenvalue weighted by molar-refractivity contribution is 6.00. The van der Waals surface area contributed by atoms with Crippen LogP contribution >= 0.6 is 0 Å². The van der Waals surface area contributed by atoms with Crippen molar-refractivity contribution in [2.75, 3.05) is 20.1 Å². The largest absolute Gasteiger partial charge is 0.358 e. The number of amides is 1. The predicted molar refractivity (Wildman–Crippen MR) is 71.5 cm³/mol. The summed E-state index contributed by atoms with van der Waals surface area (Å²) in [5.74, 6) is -2.33. The number of ketones is 1. The second-order valence-electron chi connectivity index (χ2n) is 4.40. The first-order valence-electron chi connectivity index (χ1n) is 6.34. The quantitative estimate of drug-likeness (QED) is 0.807. The van der Waals surface area contributed by atoms with Crippen LogP contribution in [0, 0.1) is 11.6 Å². The van der Waals surface area contributed by atoms with Gasteiger partial charge in [0.1, 0.15) is 11.6 Å². The average Bonchev–Trinajstić information content (AvgIpc) is 2.43. The van der Waals surface area contributed by atoms with Crippen molar-refractivity contribution in [3.8, 4) is 0 Å². The van der Waals surface area contributed by atoms with Crippen LogP contribution in [0.1, 0.15) is 24.2 Å². The molecule has 0 aliphatic rings. The van der Waals surface area contributed by atoms with Crippen LogP contribution in [0.5, 0.6) is 0 Å². The molecule has 0 aromatic heterocycles. The second-order valence-corrected chi connectivity index (χ2v) is 4.40. The molecule has 1 aromatic carbocycles. The molecule has 1 atom stereocenters. The summed E-state index contributed by atoms with van der Waals surface area (Å²) in [4.78, 5) is 25.2. The van der Waals surface area contributed by atoms with E-state index in [1.807, 2.05) is 0 Å².